The van der Waals surface area contributed by atoms with Crippen molar-refractivity contribution in [3.8, 4) is 5.75 Å². The molecule has 2 heterocycles. The standard InChI is InChI=1S/C21H20ClN3O3/c22-15-5-3-14(4-6-15)9-10-23-20(26)13-28-16-7-8-18-17(12-16)21(27)25-11-1-2-19(25)24-18/h3-8,12H,1-2,9-11,13H2,(H,23,26). The average Bonchev–Trinajstić information content (AvgIpc) is 3.17. The van der Waals surface area contributed by atoms with Crippen LogP contribution in [0.4, 0.5) is 0 Å². The Kier molecular flexibility index (Phi) is 5.30. The molecule has 0 saturated heterocycles. The lowest BCUT2D eigenvalue weighted by Crippen LogP contribution is -2.30. The Hall–Kier alpha value is -2.86. The number of benzene rings is 2. The Morgan fingerprint density at radius 3 is 2.86 bits per heavy atom. The van der Waals surface area contributed by atoms with Crippen LogP contribution in [0.5, 0.6) is 5.75 Å². The third kappa shape index (κ3) is 4.02. The van der Waals surface area contributed by atoms with Crippen LogP contribution in [0.15, 0.2) is 47.3 Å². The maximum Gasteiger partial charge on any atom is 0.261 e. The van der Waals surface area contributed by atoms with Gasteiger partial charge in [-0.25, -0.2) is 4.98 Å². The summed E-state index contributed by atoms with van der Waals surface area (Å²) in [5.74, 6) is 1.11. The van der Waals surface area contributed by atoms with Gasteiger partial charge in [-0.15, -0.1) is 0 Å². The number of carbonyl (C=O) groups excluding carboxylic acids is 1. The van der Waals surface area contributed by atoms with Gasteiger partial charge < -0.3 is 10.1 Å². The van der Waals surface area contributed by atoms with Crippen LogP contribution in [0.25, 0.3) is 10.9 Å². The van der Waals surface area contributed by atoms with Gasteiger partial charge in [0.15, 0.2) is 6.61 Å². The fourth-order valence-electron chi connectivity index (χ4n) is 3.35. The highest BCUT2D eigenvalue weighted by molar-refractivity contribution is 6.30. The third-order valence-corrected chi connectivity index (χ3v) is 5.06. The fraction of sp³-hybridized carbons (Fsp3) is 0.286. The zero-order valence-corrected chi connectivity index (χ0v) is 16.0. The molecule has 1 amide bonds. The van der Waals surface area contributed by atoms with Crippen molar-refractivity contribution in [2.75, 3.05) is 13.2 Å². The molecule has 0 saturated carbocycles. The summed E-state index contributed by atoms with van der Waals surface area (Å²) in [5.41, 5.74) is 1.72. The molecule has 1 aliphatic heterocycles. The Bertz CT molecular complexity index is 1080. The number of amides is 1. The largest absolute Gasteiger partial charge is 0.484 e. The van der Waals surface area contributed by atoms with Gasteiger partial charge in [0.25, 0.3) is 11.5 Å². The van der Waals surface area contributed by atoms with Gasteiger partial charge in [-0.1, -0.05) is 23.7 Å². The van der Waals surface area contributed by atoms with Crippen LogP contribution in [-0.2, 0) is 24.2 Å². The normalized spacial score (nSPS) is 12.8. The third-order valence-electron chi connectivity index (χ3n) is 4.81. The van der Waals surface area contributed by atoms with Gasteiger partial charge in [0.1, 0.15) is 11.6 Å². The summed E-state index contributed by atoms with van der Waals surface area (Å²) < 4.78 is 7.28. The predicted molar refractivity (Wildman–Crippen MR) is 108 cm³/mol. The smallest absolute Gasteiger partial charge is 0.261 e. The Morgan fingerprint density at radius 1 is 1.21 bits per heavy atom. The van der Waals surface area contributed by atoms with Crippen molar-refractivity contribution < 1.29 is 9.53 Å². The molecular weight excluding hydrogens is 378 g/mol. The zero-order valence-electron chi connectivity index (χ0n) is 15.3. The zero-order chi connectivity index (χ0) is 19.5. The number of rotatable bonds is 6. The molecule has 1 aromatic heterocycles. The van der Waals surface area contributed by atoms with E-state index in [-0.39, 0.29) is 18.1 Å². The summed E-state index contributed by atoms with van der Waals surface area (Å²) >= 11 is 5.86. The first-order valence-electron chi connectivity index (χ1n) is 9.27. The fourth-order valence-corrected chi connectivity index (χ4v) is 3.48. The number of ether oxygens (including phenoxy) is 1. The maximum absolute atomic E-state index is 12.6. The molecular formula is C21H20ClN3O3. The number of nitrogens with one attached hydrogen (secondary N) is 1. The topological polar surface area (TPSA) is 73.2 Å². The summed E-state index contributed by atoms with van der Waals surface area (Å²) in [6, 6.07) is 12.7. The van der Waals surface area contributed by atoms with Crippen molar-refractivity contribution in [1.29, 1.82) is 0 Å². The molecule has 3 aromatic rings. The SMILES string of the molecule is O=C(COc1ccc2nc3n(c(=O)c2c1)CCC3)NCCc1ccc(Cl)cc1. The Labute approximate surface area is 167 Å². The Morgan fingerprint density at radius 2 is 2.04 bits per heavy atom. The number of fused-ring (bicyclic) bond motifs is 2. The highest BCUT2D eigenvalue weighted by atomic mass is 35.5. The van der Waals surface area contributed by atoms with Gasteiger partial charge in [-0.2, -0.15) is 0 Å². The van der Waals surface area contributed by atoms with Crippen molar-refractivity contribution >= 4 is 28.4 Å². The highest BCUT2D eigenvalue weighted by Gasteiger charge is 2.16. The van der Waals surface area contributed by atoms with E-state index in [0.29, 0.717) is 41.2 Å². The molecule has 1 aliphatic rings. The first kappa shape index (κ1) is 18.5. The number of halogens is 1. The molecule has 1 N–H and O–H groups in total. The van der Waals surface area contributed by atoms with Gasteiger partial charge in [-0.05, 0) is 48.7 Å². The van der Waals surface area contributed by atoms with Crippen molar-refractivity contribution in [1.82, 2.24) is 14.9 Å². The van der Waals surface area contributed by atoms with E-state index < -0.39 is 0 Å². The monoisotopic (exact) mass is 397 g/mol. The van der Waals surface area contributed by atoms with E-state index in [4.69, 9.17) is 16.3 Å². The molecule has 0 fully saturated rings. The molecule has 6 nitrogen and oxygen atoms in total. The molecule has 0 aliphatic carbocycles. The summed E-state index contributed by atoms with van der Waals surface area (Å²) in [7, 11) is 0. The van der Waals surface area contributed by atoms with Crippen LogP contribution in [0, 0.1) is 0 Å². The van der Waals surface area contributed by atoms with Crippen LogP contribution in [-0.4, -0.2) is 28.6 Å². The molecule has 2 aromatic carbocycles. The second kappa shape index (κ2) is 8.02. The van der Waals surface area contributed by atoms with E-state index >= 15 is 0 Å². The summed E-state index contributed by atoms with van der Waals surface area (Å²) in [6.07, 6.45) is 2.49. The summed E-state index contributed by atoms with van der Waals surface area (Å²) in [5, 5.41) is 4.03. The number of hydrogen-bond acceptors (Lipinski definition) is 4. The molecule has 0 radical (unpaired) electrons. The first-order chi connectivity index (χ1) is 13.6. The van der Waals surface area contributed by atoms with Crippen molar-refractivity contribution in [2.45, 2.75) is 25.8 Å². The number of hydrogen-bond donors (Lipinski definition) is 1. The van der Waals surface area contributed by atoms with Crippen molar-refractivity contribution in [3.63, 3.8) is 0 Å². The highest BCUT2D eigenvalue weighted by Crippen LogP contribution is 2.19. The molecule has 0 unspecified atom stereocenters. The molecule has 0 bridgehead atoms. The van der Waals surface area contributed by atoms with E-state index in [2.05, 4.69) is 10.3 Å². The molecule has 7 heteroatoms. The van der Waals surface area contributed by atoms with E-state index in [1.54, 1.807) is 22.8 Å². The van der Waals surface area contributed by atoms with E-state index in [9.17, 15) is 9.59 Å². The number of nitrogens with zero attached hydrogens (tertiary/aromatic N) is 2. The quantitative estimate of drug-likeness (QED) is 0.694. The van der Waals surface area contributed by atoms with Crippen molar-refractivity contribution in [2.24, 2.45) is 0 Å². The minimum absolute atomic E-state index is 0.0460. The van der Waals surface area contributed by atoms with Gasteiger partial charge in [0, 0.05) is 24.5 Å². The van der Waals surface area contributed by atoms with E-state index in [0.717, 1.165) is 24.2 Å². The van der Waals surface area contributed by atoms with Gasteiger partial charge >= 0.3 is 0 Å². The maximum atomic E-state index is 12.6. The summed E-state index contributed by atoms with van der Waals surface area (Å²) in [4.78, 5) is 29.1. The number of aromatic nitrogens is 2. The lowest BCUT2D eigenvalue weighted by Gasteiger charge is -2.09. The molecule has 144 valence electrons. The average molecular weight is 398 g/mol. The van der Waals surface area contributed by atoms with E-state index in [1.807, 2.05) is 24.3 Å². The Balaban J connectivity index is 1.34. The second-order valence-electron chi connectivity index (χ2n) is 6.78. The van der Waals surface area contributed by atoms with Gasteiger partial charge in [-0.3, -0.25) is 14.2 Å². The first-order valence-corrected chi connectivity index (χ1v) is 9.65. The molecule has 4 rings (SSSR count). The predicted octanol–water partition coefficient (Wildman–Crippen LogP) is 2.73. The molecule has 0 spiro atoms. The van der Waals surface area contributed by atoms with Crippen LogP contribution in [0.2, 0.25) is 5.02 Å². The van der Waals surface area contributed by atoms with Crippen LogP contribution in [0.1, 0.15) is 17.8 Å². The minimum atomic E-state index is -0.210. The van der Waals surface area contributed by atoms with Gasteiger partial charge in [0.2, 0.25) is 0 Å². The van der Waals surface area contributed by atoms with Crippen LogP contribution >= 0.6 is 11.6 Å². The van der Waals surface area contributed by atoms with Crippen molar-refractivity contribution in [3.05, 3.63) is 69.2 Å². The van der Waals surface area contributed by atoms with Crippen LogP contribution in [0.3, 0.4) is 0 Å². The number of aryl methyl sites for hydroxylation is 1. The molecule has 0 atom stereocenters. The van der Waals surface area contributed by atoms with E-state index in [1.165, 1.54) is 0 Å². The molecule has 28 heavy (non-hydrogen) atoms. The minimum Gasteiger partial charge on any atom is -0.484 e. The van der Waals surface area contributed by atoms with Gasteiger partial charge in [0.05, 0.1) is 10.9 Å². The number of carbonyl (C=O) groups is 1. The lowest BCUT2D eigenvalue weighted by atomic mass is 10.1. The lowest BCUT2D eigenvalue weighted by molar-refractivity contribution is -0.123. The van der Waals surface area contributed by atoms with Crippen LogP contribution < -0.4 is 15.6 Å². The second-order valence-corrected chi connectivity index (χ2v) is 7.22. The summed E-state index contributed by atoms with van der Waals surface area (Å²) in [6.45, 7) is 1.11.